The molecule has 1 aromatic rings. The molecule has 1 atom stereocenters. The second-order valence-corrected chi connectivity index (χ2v) is 5.93. The molecule has 3 heteroatoms. The number of rotatable bonds is 4. The second kappa shape index (κ2) is 7.30. The summed E-state index contributed by atoms with van der Waals surface area (Å²) < 4.78 is 0. The molecule has 114 valence electrons. The van der Waals surface area contributed by atoms with E-state index >= 15 is 0 Å². The molecule has 0 radical (unpaired) electrons. The standard InChI is InChI=1S/C18H25NO2/c1-3-15-5-4-11-19(12-10-15)17-8-6-14(2)13-16(17)7-9-18(20)21/h6-9,13,15H,3-5,10-12H2,1-2H3,(H,20,21)/b9-7+. The molecule has 0 aromatic heterocycles. The Morgan fingerprint density at radius 1 is 1.38 bits per heavy atom. The lowest BCUT2D eigenvalue weighted by Crippen LogP contribution is -2.25. The molecule has 0 aliphatic carbocycles. The van der Waals surface area contributed by atoms with Gasteiger partial charge >= 0.3 is 5.97 Å². The van der Waals surface area contributed by atoms with Crippen LogP contribution in [-0.4, -0.2) is 24.2 Å². The van der Waals surface area contributed by atoms with Gasteiger partial charge in [-0.25, -0.2) is 4.79 Å². The topological polar surface area (TPSA) is 40.5 Å². The molecule has 1 fully saturated rings. The Labute approximate surface area is 127 Å². The van der Waals surface area contributed by atoms with Crippen molar-refractivity contribution in [2.24, 2.45) is 5.92 Å². The normalized spacial score (nSPS) is 19.7. The van der Waals surface area contributed by atoms with E-state index in [4.69, 9.17) is 5.11 Å². The number of anilines is 1. The second-order valence-electron chi connectivity index (χ2n) is 5.93. The Morgan fingerprint density at radius 3 is 2.90 bits per heavy atom. The van der Waals surface area contributed by atoms with E-state index < -0.39 is 5.97 Å². The van der Waals surface area contributed by atoms with E-state index in [1.165, 1.54) is 31.8 Å². The predicted octanol–water partition coefficient (Wildman–Crippen LogP) is 4.11. The van der Waals surface area contributed by atoms with Crippen LogP contribution in [0.5, 0.6) is 0 Å². The lowest BCUT2D eigenvalue weighted by Gasteiger charge is -2.25. The predicted molar refractivity (Wildman–Crippen MR) is 87.7 cm³/mol. The maximum atomic E-state index is 10.8. The molecule has 1 unspecified atom stereocenters. The van der Waals surface area contributed by atoms with Crippen LogP contribution in [0.4, 0.5) is 5.69 Å². The first-order chi connectivity index (χ1) is 10.1. The molecule has 1 aromatic carbocycles. The van der Waals surface area contributed by atoms with Crippen molar-refractivity contribution in [3.8, 4) is 0 Å². The van der Waals surface area contributed by atoms with Gasteiger partial charge in [0.1, 0.15) is 0 Å². The molecular formula is C18H25NO2. The van der Waals surface area contributed by atoms with Crippen molar-refractivity contribution in [3.63, 3.8) is 0 Å². The highest BCUT2D eigenvalue weighted by molar-refractivity contribution is 5.87. The van der Waals surface area contributed by atoms with Crippen molar-refractivity contribution < 1.29 is 9.90 Å². The average Bonchev–Trinajstić information content (AvgIpc) is 2.70. The van der Waals surface area contributed by atoms with Gasteiger partial charge in [0.05, 0.1) is 0 Å². The van der Waals surface area contributed by atoms with Crippen molar-refractivity contribution in [3.05, 3.63) is 35.4 Å². The number of aryl methyl sites for hydroxylation is 1. The Kier molecular flexibility index (Phi) is 5.43. The smallest absolute Gasteiger partial charge is 0.328 e. The lowest BCUT2D eigenvalue weighted by molar-refractivity contribution is -0.131. The van der Waals surface area contributed by atoms with Crippen molar-refractivity contribution >= 4 is 17.7 Å². The van der Waals surface area contributed by atoms with E-state index in [2.05, 4.69) is 30.0 Å². The van der Waals surface area contributed by atoms with Gasteiger partial charge in [-0.3, -0.25) is 0 Å². The maximum absolute atomic E-state index is 10.8. The fraction of sp³-hybridized carbons (Fsp3) is 0.500. The minimum atomic E-state index is -0.899. The third-order valence-electron chi connectivity index (χ3n) is 4.35. The molecule has 0 amide bonds. The number of nitrogens with zero attached hydrogens (tertiary/aromatic N) is 1. The third kappa shape index (κ3) is 4.35. The minimum Gasteiger partial charge on any atom is -0.478 e. The highest BCUT2D eigenvalue weighted by Crippen LogP contribution is 2.28. The molecule has 3 nitrogen and oxygen atoms in total. The van der Waals surface area contributed by atoms with Gasteiger partial charge in [0, 0.05) is 24.9 Å². The number of carboxylic acid groups (broad SMARTS) is 1. The summed E-state index contributed by atoms with van der Waals surface area (Å²) in [4.78, 5) is 13.2. The van der Waals surface area contributed by atoms with E-state index in [9.17, 15) is 4.79 Å². The fourth-order valence-corrected chi connectivity index (χ4v) is 3.07. The Hall–Kier alpha value is -1.77. The quantitative estimate of drug-likeness (QED) is 0.847. The highest BCUT2D eigenvalue weighted by Gasteiger charge is 2.17. The molecule has 1 aliphatic heterocycles. The van der Waals surface area contributed by atoms with Crippen LogP contribution >= 0.6 is 0 Å². The van der Waals surface area contributed by atoms with Crippen LogP contribution in [0.2, 0.25) is 0 Å². The summed E-state index contributed by atoms with van der Waals surface area (Å²) in [6.07, 6.45) is 7.95. The van der Waals surface area contributed by atoms with Gasteiger partial charge in [-0.2, -0.15) is 0 Å². The van der Waals surface area contributed by atoms with Gasteiger partial charge in [0.2, 0.25) is 0 Å². The molecule has 1 aliphatic rings. The summed E-state index contributed by atoms with van der Waals surface area (Å²) in [6, 6.07) is 6.30. The zero-order chi connectivity index (χ0) is 15.2. The summed E-state index contributed by atoms with van der Waals surface area (Å²) in [5, 5.41) is 8.86. The minimum absolute atomic E-state index is 0.832. The van der Waals surface area contributed by atoms with E-state index in [1.807, 2.05) is 6.92 Å². The summed E-state index contributed by atoms with van der Waals surface area (Å²) in [7, 11) is 0. The van der Waals surface area contributed by atoms with Crippen molar-refractivity contribution in [1.29, 1.82) is 0 Å². The van der Waals surface area contributed by atoms with Crippen LogP contribution in [-0.2, 0) is 4.79 Å². The van der Waals surface area contributed by atoms with Crippen LogP contribution in [0.15, 0.2) is 24.3 Å². The number of carboxylic acids is 1. The highest BCUT2D eigenvalue weighted by atomic mass is 16.4. The number of aliphatic carboxylic acids is 1. The Balaban J connectivity index is 2.23. The van der Waals surface area contributed by atoms with Gasteiger partial charge in [0.25, 0.3) is 0 Å². The molecule has 0 saturated carbocycles. The monoisotopic (exact) mass is 287 g/mol. The third-order valence-corrected chi connectivity index (χ3v) is 4.35. The van der Waals surface area contributed by atoms with Gasteiger partial charge in [-0.15, -0.1) is 0 Å². The number of benzene rings is 1. The number of hydrogen-bond donors (Lipinski definition) is 1. The molecule has 0 bridgehead atoms. The summed E-state index contributed by atoms with van der Waals surface area (Å²) >= 11 is 0. The summed E-state index contributed by atoms with van der Waals surface area (Å²) in [5.41, 5.74) is 3.33. The van der Waals surface area contributed by atoms with Crippen LogP contribution in [0, 0.1) is 12.8 Å². The molecular weight excluding hydrogens is 262 g/mol. The van der Waals surface area contributed by atoms with Crippen molar-refractivity contribution in [1.82, 2.24) is 0 Å². The summed E-state index contributed by atoms with van der Waals surface area (Å²) in [6.45, 7) is 6.44. The van der Waals surface area contributed by atoms with Crippen molar-refractivity contribution in [2.75, 3.05) is 18.0 Å². The van der Waals surface area contributed by atoms with Gasteiger partial charge in [-0.1, -0.05) is 25.0 Å². The molecule has 21 heavy (non-hydrogen) atoms. The molecule has 0 spiro atoms. The summed E-state index contributed by atoms with van der Waals surface area (Å²) in [5.74, 6) is -0.0668. The number of carbonyl (C=O) groups is 1. The van der Waals surface area contributed by atoms with E-state index in [-0.39, 0.29) is 0 Å². The zero-order valence-electron chi connectivity index (χ0n) is 13.0. The van der Waals surface area contributed by atoms with E-state index in [0.717, 1.165) is 35.8 Å². The fourth-order valence-electron chi connectivity index (χ4n) is 3.07. The molecule has 1 heterocycles. The SMILES string of the molecule is CCC1CCCN(c2ccc(C)cc2/C=C/C(=O)O)CC1. The average molecular weight is 287 g/mol. The van der Waals surface area contributed by atoms with Gasteiger partial charge < -0.3 is 10.0 Å². The Morgan fingerprint density at radius 2 is 2.19 bits per heavy atom. The van der Waals surface area contributed by atoms with Gasteiger partial charge in [-0.05, 0) is 55.9 Å². The maximum Gasteiger partial charge on any atom is 0.328 e. The van der Waals surface area contributed by atoms with E-state index in [1.54, 1.807) is 6.08 Å². The van der Waals surface area contributed by atoms with Crippen LogP contribution < -0.4 is 4.90 Å². The van der Waals surface area contributed by atoms with Crippen LogP contribution in [0.25, 0.3) is 6.08 Å². The Bertz CT molecular complexity index is 522. The van der Waals surface area contributed by atoms with Gasteiger partial charge in [0.15, 0.2) is 0 Å². The first-order valence-corrected chi connectivity index (χ1v) is 7.86. The zero-order valence-corrected chi connectivity index (χ0v) is 13.0. The first kappa shape index (κ1) is 15.6. The number of hydrogen-bond acceptors (Lipinski definition) is 2. The lowest BCUT2D eigenvalue weighted by atomic mass is 9.98. The van der Waals surface area contributed by atoms with E-state index in [0.29, 0.717) is 0 Å². The van der Waals surface area contributed by atoms with Crippen LogP contribution in [0.3, 0.4) is 0 Å². The largest absolute Gasteiger partial charge is 0.478 e. The first-order valence-electron chi connectivity index (χ1n) is 7.86. The molecule has 1 saturated heterocycles. The molecule has 1 N–H and O–H groups in total. The van der Waals surface area contributed by atoms with Crippen LogP contribution in [0.1, 0.15) is 43.7 Å². The van der Waals surface area contributed by atoms with Crippen molar-refractivity contribution in [2.45, 2.75) is 39.5 Å². The molecule has 2 rings (SSSR count).